The van der Waals surface area contributed by atoms with Gasteiger partial charge in [-0.05, 0) is 35.4 Å². The fourth-order valence-electron chi connectivity index (χ4n) is 2.27. The maximum atomic E-state index is 12.0. The second kappa shape index (κ2) is 3.55. The zero-order valence-electron chi connectivity index (χ0n) is 9.46. The quantitative estimate of drug-likeness (QED) is 0.592. The average Bonchev–Trinajstić information content (AvgIpc) is 2.78. The predicted molar refractivity (Wildman–Crippen MR) is 66.6 cm³/mol. The summed E-state index contributed by atoms with van der Waals surface area (Å²) in [6, 6.07) is 3.71. The van der Waals surface area contributed by atoms with Crippen molar-refractivity contribution in [1.29, 1.82) is 0 Å². The van der Waals surface area contributed by atoms with E-state index in [2.05, 4.69) is 15.2 Å². The Balaban J connectivity index is 2.24. The number of aromatic nitrogens is 5. The minimum atomic E-state index is -0.176. The third-order valence-corrected chi connectivity index (χ3v) is 4.21. The van der Waals surface area contributed by atoms with Crippen LogP contribution in [0.2, 0.25) is 0 Å². The molecule has 90 valence electrons. The Kier molecular flexibility index (Phi) is 1.99. The van der Waals surface area contributed by atoms with Crippen LogP contribution in [-0.2, 0) is 6.54 Å². The molecule has 0 fully saturated rings. The highest BCUT2D eigenvalue weighted by Gasteiger charge is 2.27. The number of aromatic amines is 1. The monoisotopic (exact) mass is 260 g/mol. The van der Waals surface area contributed by atoms with Crippen LogP contribution in [-0.4, -0.2) is 25.4 Å². The SMILES string of the molecule is O=c1[nH]n2c3[n+](nc2c2cccnc12)CCCS3. The Hall–Kier alpha value is -1.89. The van der Waals surface area contributed by atoms with Crippen molar-refractivity contribution in [3.8, 4) is 0 Å². The lowest BCUT2D eigenvalue weighted by Crippen LogP contribution is -2.40. The number of nitrogens with one attached hydrogen (secondary N) is 1. The zero-order chi connectivity index (χ0) is 12.1. The zero-order valence-corrected chi connectivity index (χ0v) is 10.3. The van der Waals surface area contributed by atoms with E-state index in [9.17, 15) is 4.79 Å². The number of H-pyrrole nitrogens is 1. The molecule has 1 N–H and O–H groups in total. The van der Waals surface area contributed by atoms with Crippen molar-refractivity contribution in [2.75, 3.05) is 5.75 Å². The first-order valence-corrected chi connectivity index (χ1v) is 6.75. The topological polar surface area (TPSA) is 66.9 Å². The number of hydrogen-bond donors (Lipinski definition) is 1. The van der Waals surface area contributed by atoms with Gasteiger partial charge in [0.15, 0.2) is 0 Å². The molecule has 3 aromatic rings. The third-order valence-electron chi connectivity index (χ3n) is 3.06. The maximum absolute atomic E-state index is 12.0. The van der Waals surface area contributed by atoms with Crippen LogP contribution >= 0.6 is 11.8 Å². The second-order valence-electron chi connectivity index (χ2n) is 4.21. The van der Waals surface area contributed by atoms with E-state index in [0.29, 0.717) is 5.52 Å². The van der Waals surface area contributed by atoms with Gasteiger partial charge in [0.1, 0.15) is 12.1 Å². The van der Waals surface area contributed by atoms with E-state index in [4.69, 9.17) is 0 Å². The van der Waals surface area contributed by atoms with Gasteiger partial charge < -0.3 is 0 Å². The van der Waals surface area contributed by atoms with Crippen molar-refractivity contribution < 1.29 is 4.68 Å². The maximum Gasteiger partial charge on any atom is 0.364 e. The second-order valence-corrected chi connectivity index (χ2v) is 5.27. The van der Waals surface area contributed by atoms with Gasteiger partial charge in [0.25, 0.3) is 5.65 Å². The minimum absolute atomic E-state index is 0.176. The molecule has 0 atom stereocenters. The van der Waals surface area contributed by atoms with E-state index < -0.39 is 0 Å². The van der Waals surface area contributed by atoms with Crippen LogP contribution in [0.3, 0.4) is 0 Å². The number of thioether (sulfide) groups is 1. The molecule has 0 aromatic carbocycles. The van der Waals surface area contributed by atoms with Gasteiger partial charge in [-0.15, -0.1) is 4.68 Å². The summed E-state index contributed by atoms with van der Waals surface area (Å²) < 4.78 is 3.72. The van der Waals surface area contributed by atoms with Crippen molar-refractivity contribution in [1.82, 2.24) is 19.7 Å². The number of hydrogen-bond acceptors (Lipinski definition) is 4. The van der Waals surface area contributed by atoms with Crippen LogP contribution in [0.5, 0.6) is 0 Å². The lowest BCUT2D eigenvalue weighted by atomic mass is 10.3. The van der Waals surface area contributed by atoms with Gasteiger partial charge in [-0.3, -0.25) is 9.78 Å². The van der Waals surface area contributed by atoms with Crippen LogP contribution in [0, 0.1) is 0 Å². The summed E-state index contributed by atoms with van der Waals surface area (Å²) in [4.78, 5) is 16.1. The summed E-state index contributed by atoms with van der Waals surface area (Å²) >= 11 is 1.71. The van der Waals surface area contributed by atoms with E-state index in [1.54, 1.807) is 22.5 Å². The van der Waals surface area contributed by atoms with Crippen LogP contribution < -0.4 is 10.2 Å². The Labute approximate surface area is 106 Å². The molecule has 0 spiro atoms. The van der Waals surface area contributed by atoms with E-state index >= 15 is 0 Å². The summed E-state index contributed by atoms with van der Waals surface area (Å²) in [5.74, 6) is 1.06. The minimum Gasteiger partial charge on any atom is -0.264 e. The van der Waals surface area contributed by atoms with E-state index in [1.165, 1.54) is 0 Å². The Morgan fingerprint density at radius 2 is 2.44 bits per heavy atom. The molecule has 3 aromatic heterocycles. The van der Waals surface area contributed by atoms with Gasteiger partial charge in [0, 0.05) is 11.9 Å². The first-order chi connectivity index (χ1) is 8.84. The van der Waals surface area contributed by atoms with Crippen molar-refractivity contribution in [2.24, 2.45) is 0 Å². The van der Waals surface area contributed by atoms with Gasteiger partial charge in [-0.1, -0.05) is 4.52 Å². The molecule has 0 aliphatic carbocycles. The lowest BCUT2D eigenvalue weighted by Gasteiger charge is -2.02. The lowest BCUT2D eigenvalue weighted by molar-refractivity contribution is -0.786. The number of rotatable bonds is 0. The van der Waals surface area contributed by atoms with Crippen LogP contribution in [0.4, 0.5) is 0 Å². The number of nitrogens with zero attached hydrogens (tertiary/aromatic N) is 4. The highest BCUT2D eigenvalue weighted by atomic mass is 32.2. The average molecular weight is 260 g/mol. The molecule has 0 amide bonds. The highest BCUT2D eigenvalue weighted by Crippen LogP contribution is 2.21. The molecule has 0 radical (unpaired) electrons. The molecule has 6 nitrogen and oxygen atoms in total. The molecule has 0 unspecified atom stereocenters. The van der Waals surface area contributed by atoms with Crippen molar-refractivity contribution in [2.45, 2.75) is 18.1 Å². The van der Waals surface area contributed by atoms with Crippen molar-refractivity contribution >= 4 is 28.3 Å². The van der Waals surface area contributed by atoms with E-state index in [0.717, 1.165) is 34.9 Å². The molecule has 4 rings (SSSR count). The molecule has 0 bridgehead atoms. The number of fused-ring (bicyclic) bond motifs is 5. The van der Waals surface area contributed by atoms with E-state index in [1.807, 2.05) is 16.8 Å². The van der Waals surface area contributed by atoms with Crippen molar-refractivity contribution in [3.63, 3.8) is 0 Å². The molecule has 7 heteroatoms. The van der Waals surface area contributed by atoms with Gasteiger partial charge in [-0.2, -0.15) is 5.10 Å². The normalized spacial score (nSPS) is 15.1. The number of aryl methyl sites for hydroxylation is 1. The van der Waals surface area contributed by atoms with E-state index in [-0.39, 0.29) is 5.56 Å². The Bertz CT molecular complexity index is 821. The third kappa shape index (κ3) is 1.25. The van der Waals surface area contributed by atoms with Gasteiger partial charge in [0.2, 0.25) is 0 Å². The molecule has 0 saturated heterocycles. The number of pyridine rings is 1. The molecule has 0 saturated carbocycles. The summed E-state index contributed by atoms with van der Waals surface area (Å²) in [6.45, 7) is 0.897. The summed E-state index contributed by atoms with van der Waals surface area (Å²) in [6.07, 6.45) is 2.73. The fourth-order valence-corrected chi connectivity index (χ4v) is 3.26. The Morgan fingerprint density at radius 3 is 3.39 bits per heavy atom. The molecule has 1 aliphatic heterocycles. The van der Waals surface area contributed by atoms with Crippen LogP contribution in [0.15, 0.2) is 28.3 Å². The first kappa shape index (κ1) is 10.1. The summed E-state index contributed by atoms with van der Waals surface area (Å²) in [5, 5.41) is 9.19. The van der Waals surface area contributed by atoms with Gasteiger partial charge >= 0.3 is 10.7 Å². The Morgan fingerprint density at radius 1 is 1.50 bits per heavy atom. The highest BCUT2D eigenvalue weighted by molar-refractivity contribution is 7.99. The van der Waals surface area contributed by atoms with Gasteiger partial charge in [-0.25, -0.2) is 0 Å². The van der Waals surface area contributed by atoms with Gasteiger partial charge in [0.05, 0.1) is 5.39 Å². The van der Waals surface area contributed by atoms with Crippen molar-refractivity contribution in [3.05, 3.63) is 28.7 Å². The summed E-state index contributed by atoms with van der Waals surface area (Å²) in [5.41, 5.74) is 1.03. The molecule has 1 aliphatic rings. The molecule has 18 heavy (non-hydrogen) atoms. The molecular formula is C11H10N5OS+. The standard InChI is InChI=1S/C11H9N5OS/c17-10-8-7(3-1-4-12-8)9-13-15-5-2-6-18-11(15)16(9)14-10/h1,3-4H,2,5-6H2/p+1. The fraction of sp³-hybridized carbons (Fsp3) is 0.273. The summed E-state index contributed by atoms with van der Waals surface area (Å²) in [7, 11) is 0. The first-order valence-electron chi connectivity index (χ1n) is 5.77. The predicted octanol–water partition coefficient (Wildman–Crippen LogP) is 0.354. The molecular weight excluding hydrogens is 250 g/mol. The van der Waals surface area contributed by atoms with Crippen LogP contribution in [0.25, 0.3) is 16.6 Å². The largest absolute Gasteiger partial charge is 0.364 e. The smallest absolute Gasteiger partial charge is 0.264 e. The molecule has 4 heterocycles. The van der Waals surface area contributed by atoms with Crippen LogP contribution in [0.1, 0.15) is 6.42 Å².